The summed E-state index contributed by atoms with van der Waals surface area (Å²) in [6.07, 6.45) is 1.38. The van der Waals surface area contributed by atoms with Gasteiger partial charge in [-0.2, -0.15) is 5.10 Å². The smallest absolute Gasteiger partial charge is 0.125 e. The van der Waals surface area contributed by atoms with Crippen LogP contribution in [0.2, 0.25) is 0 Å². The van der Waals surface area contributed by atoms with E-state index in [-0.39, 0.29) is 6.04 Å². The fourth-order valence-electron chi connectivity index (χ4n) is 0.210. The van der Waals surface area contributed by atoms with Crippen molar-refractivity contribution in [1.82, 2.24) is 5.01 Å². The van der Waals surface area contributed by atoms with Gasteiger partial charge in [-0.1, -0.05) is 0 Å². The Balaban J connectivity index is 3.47. The number of hydrazine groups is 1. The molecule has 0 radical (unpaired) electrons. The molecule has 0 saturated carbocycles. The lowest BCUT2D eigenvalue weighted by atomic mass is 10.4. The Bertz CT molecular complexity index is 78.1. The third-order valence-corrected chi connectivity index (χ3v) is 0.796. The Kier molecular flexibility index (Phi) is 2.95. The maximum atomic E-state index is 5.33. The van der Waals surface area contributed by atoms with E-state index in [2.05, 4.69) is 5.10 Å². The second kappa shape index (κ2) is 3.26. The molecule has 0 aromatic rings. The average Bonchev–Trinajstić information content (AvgIpc) is 1.67. The topological polar surface area (TPSA) is 67.6 Å². The Morgan fingerprint density at radius 3 is 2.25 bits per heavy atom. The molecule has 0 unspecified atom stereocenters. The van der Waals surface area contributed by atoms with Crippen molar-refractivity contribution >= 4 is 6.34 Å². The van der Waals surface area contributed by atoms with Gasteiger partial charge >= 0.3 is 0 Å². The Morgan fingerprint density at radius 1 is 1.62 bits per heavy atom. The predicted octanol–water partition coefficient (Wildman–Crippen LogP) is -0.527. The first-order chi connectivity index (χ1) is 3.68. The number of rotatable bonds is 2. The highest BCUT2D eigenvalue weighted by molar-refractivity contribution is 5.53. The molecule has 0 aromatic carbocycles. The standard InChI is InChI=1S/C4H12N4/c1-4(2)8(6)3-7-5/h3-4H,5-6H2,1-2H3/b7-3-. The van der Waals surface area contributed by atoms with Crippen LogP contribution in [0.1, 0.15) is 13.8 Å². The van der Waals surface area contributed by atoms with Gasteiger partial charge in [-0.25, -0.2) is 5.84 Å². The van der Waals surface area contributed by atoms with Gasteiger partial charge < -0.3 is 5.84 Å². The maximum Gasteiger partial charge on any atom is 0.125 e. The van der Waals surface area contributed by atoms with Crippen LogP contribution in [0.25, 0.3) is 0 Å². The van der Waals surface area contributed by atoms with Crippen molar-refractivity contribution in [3.8, 4) is 0 Å². The average molecular weight is 116 g/mol. The molecule has 0 aliphatic heterocycles. The molecule has 0 rings (SSSR count). The van der Waals surface area contributed by atoms with Crippen molar-refractivity contribution in [3.63, 3.8) is 0 Å². The molecule has 48 valence electrons. The molecule has 0 aromatic heterocycles. The summed E-state index contributed by atoms with van der Waals surface area (Å²) in [4.78, 5) is 0. The van der Waals surface area contributed by atoms with Crippen LogP contribution in [0.15, 0.2) is 5.10 Å². The van der Waals surface area contributed by atoms with Crippen LogP contribution in [-0.2, 0) is 0 Å². The van der Waals surface area contributed by atoms with E-state index in [1.807, 2.05) is 13.8 Å². The molecule has 0 aliphatic carbocycles. The molecule has 0 fully saturated rings. The lowest BCUT2D eigenvalue weighted by Gasteiger charge is -2.15. The molecule has 0 aliphatic rings. The Morgan fingerprint density at radius 2 is 2.12 bits per heavy atom. The second-order valence-corrected chi connectivity index (χ2v) is 1.81. The van der Waals surface area contributed by atoms with E-state index in [4.69, 9.17) is 11.7 Å². The molecule has 0 spiro atoms. The molecule has 8 heavy (non-hydrogen) atoms. The van der Waals surface area contributed by atoms with Crippen molar-refractivity contribution in [2.45, 2.75) is 19.9 Å². The lowest BCUT2D eigenvalue weighted by Crippen LogP contribution is -2.36. The van der Waals surface area contributed by atoms with Crippen molar-refractivity contribution in [1.29, 1.82) is 0 Å². The molecule has 0 heterocycles. The van der Waals surface area contributed by atoms with Crippen molar-refractivity contribution in [2.24, 2.45) is 16.8 Å². The van der Waals surface area contributed by atoms with E-state index < -0.39 is 0 Å². The summed E-state index contributed by atoms with van der Waals surface area (Å²) in [5, 5.41) is 4.66. The van der Waals surface area contributed by atoms with E-state index in [0.717, 1.165) is 0 Å². The lowest BCUT2D eigenvalue weighted by molar-refractivity contribution is 0.374. The minimum Gasteiger partial charge on any atom is -0.322 e. The van der Waals surface area contributed by atoms with Gasteiger partial charge in [0.2, 0.25) is 0 Å². The van der Waals surface area contributed by atoms with E-state index >= 15 is 0 Å². The van der Waals surface area contributed by atoms with Gasteiger partial charge in [-0.3, -0.25) is 5.01 Å². The first kappa shape index (κ1) is 7.23. The van der Waals surface area contributed by atoms with Crippen LogP contribution in [0.3, 0.4) is 0 Å². The Labute approximate surface area is 49.1 Å². The number of hydrogen-bond donors (Lipinski definition) is 2. The highest BCUT2D eigenvalue weighted by atomic mass is 15.4. The van der Waals surface area contributed by atoms with Crippen molar-refractivity contribution < 1.29 is 0 Å². The van der Waals surface area contributed by atoms with E-state index in [1.165, 1.54) is 11.3 Å². The normalized spacial score (nSPS) is 11.0. The molecule has 4 heteroatoms. The quantitative estimate of drug-likeness (QED) is 0.220. The monoisotopic (exact) mass is 116 g/mol. The van der Waals surface area contributed by atoms with Crippen LogP contribution >= 0.6 is 0 Å². The third-order valence-electron chi connectivity index (χ3n) is 0.796. The Hall–Kier alpha value is -0.770. The van der Waals surface area contributed by atoms with E-state index in [0.29, 0.717) is 0 Å². The van der Waals surface area contributed by atoms with Gasteiger partial charge in [0.05, 0.1) is 0 Å². The summed E-state index contributed by atoms with van der Waals surface area (Å²) in [5.41, 5.74) is 0. The van der Waals surface area contributed by atoms with Crippen molar-refractivity contribution in [2.75, 3.05) is 0 Å². The zero-order valence-electron chi connectivity index (χ0n) is 5.20. The van der Waals surface area contributed by atoms with Crippen LogP contribution in [0, 0.1) is 0 Å². The molecule has 4 nitrogen and oxygen atoms in total. The molecular formula is C4H12N4. The predicted molar refractivity (Wildman–Crippen MR) is 33.8 cm³/mol. The highest BCUT2D eigenvalue weighted by Gasteiger charge is 1.94. The van der Waals surface area contributed by atoms with E-state index in [1.54, 1.807) is 0 Å². The van der Waals surface area contributed by atoms with E-state index in [9.17, 15) is 0 Å². The summed E-state index contributed by atoms with van der Waals surface area (Å²) < 4.78 is 0. The minimum atomic E-state index is 0.252. The number of hydrazone groups is 1. The summed E-state index contributed by atoms with van der Waals surface area (Å²) in [6.45, 7) is 3.89. The highest BCUT2D eigenvalue weighted by Crippen LogP contribution is 1.82. The first-order valence-corrected chi connectivity index (χ1v) is 2.45. The first-order valence-electron chi connectivity index (χ1n) is 2.45. The molecule has 4 N–H and O–H groups in total. The summed E-state index contributed by atoms with van der Waals surface area (Å²) in [7, 11) is 0. The van der Waals surface area contributed by atoms with Crippen LogP contribution in [0.5, 0.6) is 0 Å². The molecule has 0 amide bonds. The summed E-state index contributed by atoms with van der Waals surface area (Å²) >= 11 is 0. The minimum absolute atomic E-state index is 0.252. The summed E-state index contributed by atoms with van der Waals surface area (Å²) in [5.74, 6) is 10.1. The van der Waals surface area contributed by atoms with Crippen LogP contribution in [-0.4, -0.2) is 17.4 Å². The zero-order valence-corrected chi connectivity index (χ0v) is 5.20. The van der Waals surface area contributed by atoms with Crippen LogP contribution < -0.4 is 11.7 Å². The van der Waals surface area contributed by atoms with Crippen LogP contribution in [0.4, 0.5) is 0 Å². The van der Waals surface area contributed by atoms with Gasteiger partial charge in [-0.15, -0.1) is 0 Å². The summed E-state index contributed by atoms with van der Waals surface area (Å²) in [6, 6.07) is 0.252. The molecule has 0 bridgehead atoms. The maximum absolute atomic E-state index is 5.33. The van der Waals surface area contributed by atoms with Gasteiger partial charge in [0, 0.05) is 6.04 Å². The zero-order chi connectivity index (χ0) is 6.57. The molecule has 0 atom stereocenters. The number of nitrogens with zero attached hydrogens (tertiary/aromatic N) is 2. The largest absolute Gasteiger partial charge is 0.322 e. The SMILES string of the molecule is CC(C)N(N)/C=N\N. The number of nitrogens with two attached hydrogens (primary N) is 2. The fourth-order valence-corrected chi connectivity index (χ4v) is 0.210. The fraction of sp³-hybridized carbons (Fsp3) is 0.750. The molecule has 0 saturated heterocycles. The second-order valence-electron chi connectivity index (χ2n) is 1.81. The van der Waals surface area contributed by atoms with Gasteiger partial charge in [-0.05, 0) is 13.8 Å². The van der Waals surface area contributed by atoms with Gasteiger partial charge in [0.15, 0.2) is 0 Å². The van der Waals surface area contributed by atoms with Gasteiger partial charge in [0.25, 0.3) is 0 Å². The number of hydrogen-bond acceptors (Lipinski definition) is 3. The molecular weight excluding hydrogens is 104 g/mol. The third kappa shape index (κ3) is 2.41. The van der Waals surface area contributed by atoms with Gasteiger partial charge in [0.1, 0.15) is 6.34 Å². The van der Waals surface area contributed by atoms with Crippen molar-refractivity contribution in [3.05, 3.63) is 0 Å².